The van der Waals surface area contributed by atoms with Crippen LogP contribution in [-0.2, 0) is 6.42 Å². The number of aliphatic hydroxyl groups is 1. The van der Waals surface area contributed by atoms with Crippen molar-refractivity contribution in [2.24, 2.45) is 11.1 Å². The van der Waals surface area contributed by atoms with Crippen molar-refractivity contribution in [2.45, 2.75) is 70.9 Å². The van der Waals surface area contributed by atoms with E-state index in [1.807, 2.05) is 0 Å². The molecule has 0 spiro atoms. The number of aliphatic hydroxyl groups excluding tert-OH is 1. The zero-order valence-electron chi connectivity index (χ0n) is 12.9. The lowest BCUT2D eigenvalue weighted by molar-refractivity contribution is -0.00655. The summed E-state index contributed by atoms with van der Waals surface area (Å²) in [7, 11) is 0. The Hall–Kier alpha value is -0.870. The van der Waals surface area contributed by atoms with Gasteiger partial charge in [-0.1, -0.05) is 26.7 Å². The highest BCUT2D eigenvalue weighted by Gasteiger charge is 2.39. The zero-order chi connectivity index (χ0) is 14.6. The van der Waals surface area contributed by atoms with Crippen LogP contribution in [0.2, 0.25) is 0 Å². The fourth-order valence-corrected chi connectivity index (χ4v) is 3.50. The molecule has 0 saturated heterocycles. The molecule has 1 saturated carbocycles. The van der Waals surface area contributed by atoms with Gasteiger partial charge in [-0.15, -0.1) is 0 Å². The summed E-state index contributed by atoms with van der Waals surface area (Å²) in [6, 6.07) is 2.57. The standard InChI is InChI=1S/C16H29N3O/c1-3-14(4-2)19-10-8-13(18-19)11-16(12-17)9-6-5-7-15(16)20/h8,10,14-15,20H,3-7,9,11-12,17H2,1-2H3. The Morgan fingerprint density at radius 1 is 1.45 bits per heavy atom. The molecular formula is C16H29N3O. The highest BCUT2D eigenvalue weighted by Crippen LogP contribution is 2.38. The molecule has 2 rings (SSSR count). The van der Waals surface area contributed by atoms with Crippen LogP contribution in [0.3, 0.4) is 0 Å². The molecule has 0 bridgehead atoms. The molecule has 1 fully saturated rings. The summed E-state index contributed by atoms with van der Waals surface area (Å²) in [5, 5.41) is 15.1. The second-order valence-corrected chi connectivity index (χ2v) is 6.26. The fraction of sp³-hybridized carbons (Fsp3) is 0.812. The molecule has 0 aliphatic heterocycles. The Balaban J connectivity index is 2.12. The Kier molecular flexibility index (Phi) is 5.22. The van der Waals surface area contributed by atoms with Crippen LogP contribution in [0.1, 0.15) is 64.1 Å². The molecule has 4 heteroatoms. The number of aromatic nitrogens is 2. The van der Waals surface area contributed by atoms with E-state index in [0.29, 0.717) is 12.6 Å². The van der Waals surface area contributed by atoms with Gasteiger partial charge in [0.1, 0.15) is 0 Å². The lowest BCUT2D eigenvalue weighted by Crippen LogP contribution is -2.45. The van der Waals surface area contributed by atoms with Crippen LogP contribution in [0.25, 0.3) is 0 Å². The van der Waals surface area contributed by atoms with Crippen LogP contribution >= 0.6 is 0 Å². The van der Waals surface area contributed by atoms with Gasteiger partial charge < -0.3 is 10.8 Å². The van der Waals surface area contributed by atoms with E-state index in [1.165, 1.54) is 6.42 Å². The highest BCUT2D eigenvalue weighted by molar-refractivity contribution is 5.07. The van der Waals surface area contributed by atoms with Gasteiger partial charge in [-0.3, -0.25) is 4.68 Å². The van der Waals surface area contributed by atoms with Crippen molar-refractivity contribution in [3.05, 3.63) is 18.0 Å². The van der Waals surface area contributed by atoms with Crippen LogP contribution < -0.4 is 5.73 Å². The molecule has 4 nitrogen and oxygen atoms in total. The van der Waals surface area contributed by atoms with Gasteiger partial charge in [0.25, 0.3) is 0 Å². The zero-order valence-corrected chi connectivity index (χ0v) is 12.9. The van der Waals surface area contributed by atoms with E-state index in [2.05, 4.69) is 30.8 Å². The average Bonchev–Trinajstić information content (AvgIpc) is 2.91. The Morgan fingerprint density at radius 3 is 2.80 bits per heavy atom. The molecule has 1 heterocycles. The van der Waals surface area contributed by atoms with Gasteiger partial charge in [0.15, 0.2) is 0 Å². The van der Waals surface area contributed by atoms with E-state index in [0.717, 1.165) is 44.2 Å². The first kappa shape index (κ1) is 15.5. The first-order chi connectivity index (χ1) is 9.65. The number of hydrogen-bond donors (Lipinski definition) is 2. The van der Waals surface area contributed by atoms with Gasteiger partial charge in [-0.05, 0) is 31.7 Å². The normalized spacial score (nSPS) is 27.1. The molecule has 0 aromatic carbocycles. The highest BCUT2D eigenvalue weighted by atomic mass is 16.3. The quantitative estimate of drug-likeness (QED) is 0.841. The lowest BCUT2D eigenvalue weighted by atomic mass is 9.69. The average molecular weight is 279 g/mol. The molecule has 3 N–H and O–H groups in total. The van der Waals surface area contributed by atoms with Crippen molar-refractivity contribution in [2.75, 3.05) is 6.54 Å². The molecule has 1 aliphatic carbocycles. The number of nitrogens with two attached hydrogens (primary N) is 1. The molecule has 1 aliphatic rings. The molecule has 20 heavy (non-hydrogen) atoms. The van der Waals surface area contributed by atoms with Crippen molar-refractivity contribution in [3.63, 3.8) is 0 Å². The second kappa shape index (κ2) is 6.72. The second-order valence-electron chi connectivity index (χ2n) is 6.26. The molecule has 2 unspecified atom stereocenters. The monoisotopic (exact) mass is 279 g/mol. The largest absolute Gasteiger partial charge is 0.392 e. The van der Waals surface area contributed by atoms with Crippen LogP contribution in [-0.4, -0.2) is 27.5 Å². The Bertz CT molecular complexity index is 414. The van der Waals surface area contributed by atoms with Crippen molar-refractivity contribution in [1.82, 2.24) is 9.78 Å². The maximum Gasteiger partial charge on any atom is 0.0631 e. The summed E-state index contributed by atoms with van der Waals surface area (Å²) in [4.78, 5) is 0. The number of nitrogens with zero attached hydrogens (tertiary/aromatic N) is 2. The van der Waals surface area contributed by atoms with E-state index in [1.54, 1.807) is 0 Å². The summed E-state index contributed by atoms with van der Waals surface area (Å²) in [6.07, 6.45) is 8.98. The Morgan fingerprint density at radius 2 is 2.20 bits per heavy atom. The SMILES string of the molecule is CCC(CC)n1ccc(CC2(CN)CCCCC2O)n1. The van der Waals surface area contributed by atoms with Crippen molar-refractivity contribution < 1.29 is 5.11 Å². The number of rotatable bonds is 6. The smallest absolute Gasteiger partial charge is 0.0631 e. The molecule has 0 radical (unpaired) electrons. The predicted octanol–water partition coefficient (Wildman–Crippen LogP) is 2.67. The Labute approximate surface area is 122 Å². The molecule has 1 aromatic rings. The third-order valence-corrected chi connectivity index (χ3v) is 5.03. The van der Waals surface area contributed by atoms with Gasteiger partial charge in [0.05, 0.1) is 17.8 Å². The molecule has 1 aromatic heterocycles. The van der Waals surface area contributed by atoms with Crippen molar-refractivity contribution in [1.29, 1.82) is 0 Å². The van der Waals surface area contributed by atoms with E-state index < -0.39 is 0 Å². The first-order valence-corrected chi connectivity index (χ1v) is 8.07. The van der Waals surface area contributed by atoms with Crippen molar-refractivity contribution in [3.8, 4) is 0 Å². The number of hydrogen-bond acceptors (Lipinski definition) is 3. The third-order valence-electron chi connectivity index (χ3n) is 5.03. The molecular weight excluding hydrogens is 250 g/mol. The maximum atomic E-state index is 10.4. The summed E-state index contributed by atoms with van der Waals surface area (Å²) in [5.41, 5.74) is 6.91. The topological polar surface area (TPSA) is 64.1 Å². The summed E-state index contributed by atoms with van der Waals surface area (Å²) >= 11 is 0. The lowest BCUT2D eigenvalue weighted by Gasteiger charge is -2.40. The summed E-state index contributed by atoms with van der Waals surface area (Å²) in [6.45, 7) is 4.94. The molecule has 2 atom stereocenters. The van der Waals surface area contributed by atoms with E-state index in [4.69, 9.17) is 10.8 Å². The van der Waals surface area contributed by atoms with Crippen LogP contribution in [0.15, 0.2) is 12.3 Å². The van der Waals surface area contributed by atoms with Gasteiger partial charge in [-0.2, -0.15) is 5.10 Å². The first-order valence-electron chi connectivity index (χ1n) is 8.07. The van der Waals surface area contributed by atoms with E-state index in [9.17, 15) is 5.11 Å². The maximum absolute atomic E-state index is 10.4. The summed E-state index contributed by atoms with van der Waals surface area (Å²) in [5.74, 6) is 0. The molecule has 114 valence electrons. The third kappa shape index (κ3) is 3.07. The minimum Gasteiger partial charge on any atom is -0.392 e. The van der Waals surface area contributed by atoms with Gasteiger partial charge >= 0.3 is 0 Å². The van der Waals surface area contributed by atoms with Crippen LogP contribution in [0.4, 0.5) is 0 Å². The minimum atomic E-state index is -0.278. The van der Waals surface area contributed by atoms with Gasteiger partial charge in [0.2, 0.25) is 0 Å². The van der Waals surface area contributed by atoms with E-state index in [-0.39, 0.29) is 11.5 Å². The van der Waals surface area contributed by atoms with E-state index >= 15 is 0 Å². The summed E-state index contributed by atoms with van der Waals surface area (Å²) < 4.78 is 2.08. The van der Waals surface area contributed by atoms with Gasteiger partial charge in [-0.25, -0.2) is 0 Å². The fourth-order valence-electron chi connectivity index (χ4n) is 3.50. The van der Waals surface area contributed by atoms with Crippen molar-refractivity contribution >= 4 is 0 Å². The van der Waals surface area contributed by atoms with Gasteiger partial charge in [0, 0.05) is 24.6 Å². The predicted molar refractivity (Wildman–Crippen MR) is 81.5 cm³/mol. The van der Waals surface area contributed by atoms with Crippen LogP contribution in [0, 0.1) is 5.41 Å². The molecule has 0 amide bonds. The van der Waals surface area contributed by atoms with Crippen LogP contribution in [0.5, 0.6) is 0 Å². The minimum absolute atomic E-state index is 0.161.